The van der Waals surface area contributed by atoms with Gasteiger partial charge in [-0.25, -0.2) is 0 Å². The molecule has 0 aromatic heterocycles. The van der Waals surface area contributed by atoms with Crippen molar-refractivity contribution in [3.63, 3.8) is 0 Å². The highest BCUT2D eigenvalue weighted by atomic mass is 16.6. The molecule has 346 valence electrons. The van der Waals surface area contributed by atoms with Crippen LogP contribution < -0.4 is 5.11 Å². The lowest BCUT2D eigenvalue weighted by Gasteiger charge is -2.34. The Balaban J connectivity index is 4.33. The van der Waals surface area contributed by atoms with Crippen LogP contribution >= 0.6 is 0 Å². The fourth-order valence-corrected chi connectivity index (χ4v) is 6.98. The van der Waals surface area contributed by atoms with Crippen LogP contribution in [0.5, 0.6) is 0 Å². The Morgan fingerprint density at radius 3 is 1.37 bits per heavy atom. The van der Waals surface area contributed by atoms with Crippen molar-refractivity contribution in [2.24, 2.45) is 0 Å². The summed E-state index contributed by atoms with van der Waals surface area (Å²) in [6, 6.07) is -0.731. The van der Waals surface area contributed by atoms with Crippen LogP contribution in [0.4, 0.5) is 0 Å². The lowest BCUT2D eigenvalue weighted by molar-refractivity contribution is -0.889. The van der Waals surface area contributed by atoms with Gasteiger partial charge in [-0.15, -0.1) is 0 Å². The van der Waals surface area contributed by atoms with Crippen LogP contribution in [0.1, 0.15) is 200 Å². The molecule has 0 saturated carbocycles. The maximum atomic E-state index is 12.8. The van der Waals surface area contributed by atoms with Crippen LogP contribution in [0.3, 0.4) is 0 Å². The molecule has 60 heavy (non-hydrogen) atoms. The standard InChI is InChI=1S/C52H91NO7/c1-6-8-10-12-14-16-18-20-22-24-26-28-30-32-34-36-38-40-42-50(54)59-47-48(46-58-45-44-49(52(56)57)53(3,4)5)60-51(55)43-41-39-37-35-33-31-29-27-25-23-21-19-17-15-13-11-9-7-2/h10,12,14,16,18,20,22,24,26,28,48-49H,6-9,11,13,15,17,19,21,23,25,27,29-47H2,1-5H3/b12-10+,16-14+,20-18+,24-22+,28-26+. The molecule has 0 heterocycles. The highest BCUT2D eigenvalue weighted by molar-refractivity contribution is 5.70. The minimum Gasteiger partial charge on any atom is -0.544 e. The summed E-state index contributed by atoms with van der Waals surface area (Å²) in [5.41, 5.74) is 0. The van der Waals surface area contributed by atoms with Crippen molar-refractivity contribution in [1.82, 2.24) is 0 Å². The minimum absolute atomic E-state index is 0.0321. The van der Waals surface area contributed by atoms with E-state index < -0.39 is 18.1 Å². The third-order valence-electron chi connectivity index (χ3n) is 10.8. The van der Waals surface area contributed by atoms with Crippen molar-refractivity contribution in [3.8, 4) is 0 Å². The highest BCUT2D eigenvalue weighted by Crippen LogP contribution is 2.16. The number of aliphatic carboxylic acids is 1. The molecule has 0 aliphatic rings. The lowest BCUT2D eigenvalue weighted by Crippen LogP contribution is -2.55. The van der Waals surface area contributed by atoms with Crippen molar-refractivity contribution in [2.45, 2.75) is 212 Å². The highest BCUT2D eigenvalue weighted by Gasteiger charge is 2.25. The number of carbonyl (C=O) groups excluding carboxylic acids is 3. The van der Waals surface area contributed by atoms with Crippen LogP contribution in [0, 0.1) is 0 Å². The summed E-state index contributed by atoms with van der Waals surface area (Å²) in [5, 5.41) is 11.6. The molecule has 2 atom stereocenters. The first-order valence-electron chi connectivity index (χ1n) is 24.4. The molecule has 0 aliphatic carbocycles. The molecular weight excluding hydrogens is 751 g/mol. The first-order valence-corrected chi connectivity index (χ1v) is 24.4. The first kappa shape index (κ1) is 57.0. The fourth-order valence-electron chi connectivity index (χ4n) is 6.98. The van der Waals surface area contributed by atoms with Gasteiger partial charge >= 0.3 is 11.9 Å². The van der Waals surface area contributed by atoms with Gasteiger partial charge in [0.15, 0.2) is 6.10 Å². The van der Waals surface area contributed by atoms with Crippen molar-refractivity contribution in [2.75, 3.05) is 41.0 Å². The first-order chi connectivity index (χ1) is 29.1. The van der Waals surface area contributed by atoms with E-state index in [1.54, 1.807) is 21.1 Å². The molecule has 0 spiro atoms. The van der Waals surface area contributed by atoms with Gasteiger partial charge in [0, 0.05) is 19.3 Å². The number of carbonyl (C=O) groups is 3. The quantitative estimate of drug-likeness (QED) is 0.0261. The second-order valence-corrected chi connectivity index (χ2v) is 17.5. The number of quaternary nitrogens is 1. The molecule has 8 heteroatoms. The van der Waals surface area contributed by atoms with E-state index in [9.17, 15) is 19.5 Å². The molecule has 0 aromatic rings. The Hall–Kier alpha value is -2.97. The molecule has 0 N–H and O–H groups in total. The Morgan fingerprint density at radius 2 is 0.917 bits per heavy atom. The average molecular weight is 842 g/mol. The van der Waals surface area contributed by atoms with Gasteiger partial charge in [-0.3, -0.25) is 9.59 Å². The van der Waals surface area contributed by atoms with Gasteiger partial charge in [0.1, 0.15) is 12.6 Å². The normalized spacial score (nSPS) is 13.4. The zero-order valence-corrected chi connectivity index (χ0v) is 39.4. The number of likely N-dealkylation sites (N-methyl/N-ethyl adjacent to an activating group) is 1. The van der Waals surface area contributed by atoms with Crippen molar-refractivity contribution in [1.29, 1.82) is 0 Å². The van der Waals surface area contributed by atoms with Crippen molar-refractivity contribution in [3.05, 3.63) is 60.8 Å². The molecule has 0 rings (SSSR count). The number of hydrogen-bond acceptors (Lipinski definition) is 7. The number of allylic oxidation sites excluding steroid dienone is 10. The molecular formula is C52H91NO7. The van der Waals surface area contributed by atoms with E-state index in [4.69, 9.17) is 14.2 Å². The predicted molar refractivity (Wildman–Crippen MR) is 249 cm³/mol. The maximum absolute atomic E-state index is 12.8. The largest absolute Gasteiger partial charge is 0.544 e. The van der Waals surface area contributed by atoms with Gasteiger partial charge in [0.2, 0.25) is 0 Å². The van der Waals surface area contributed by atoms with Crippen LogP contribution in [0.2, 0.25) is 0 Å². The summed E-state index contributed by atoms with van der Waals surface area (Å²) < 4.78 is 17.2. The Bertz CT molecular complexity index is 1170. The van der Waals surface area contributed by atoms with Gasteiger partial charge in [-0.05, 0) is 32.1 Å². The SMILES string of the molecule is CCC/C=C/C=C/C=C/C=C/C=C/CCCCCCCC(=O)OCC(COCCC(C(=O)[O-])[N+](C)(C)C)OC(=O)CCCCCCCCCCCCCCCCCCCC. The zero-order valence-electron chi connectivity index (χ0n) is 39.4. The summed E-state index contributed by atoms with van der Waals surface area (Å²) in [4.78, 5) is 37.0. The van der Waals surface area contributed by atoms with E-state index in [2.05, 4.69) is 38.2 Å². The average Bonchev–Trinajstić information content (AvgIpc) is 3.21. The maximum Gasteiger partial charge on any atom is 0.306 e. The summed E-state index contributed by atoms with van der Waals surface area (Å²) in [6.45, 7) is 4.56. The molecule has 8 nitrogen and oxygen atoms in total. The number of unbranched alkanes of at least 4 members (excludes halogenated alkanes) is 23. The minimum atomic E-state index is -1.13. The van der Waals surface area contributed by atoms with Crippen molar-refractivity contribution < 1.29 is 38.2 Å². The van der Waals surface area contributed by atoms with Gasteiger partial charge in [-0.2, -0.15) is 0 Å². The Morgan fingerprint density at radius 1 is 0.500 bits per heavy atom. The second-order valence-electron chi connectivity index (χ2n) is 17.5. The predicted octanol–water partition coefficient (Wildman–Crippen LogP) is 12.4. The van der Waals surface area contributed by atoms with Crippen LogP contribution in [0.25, 0.3) is 0 Å². The van der Waals surface area contributed by atoms with E-state index in [0.29, 0.717) is 12.8 Å². The van der Waals surface area contributed by atoms with Gasteiger partial charge in [0.05, 0.1) is 40.3 Å². The molecule has 0 bridgehead atoms. The van der Waals surface area contributed by atoms with Gasteiger partial charge < -0.3 is 28.6 Å². The number of ether oxygens (including phenoxy) is 3. The summed E-state index contributed by atoms with van der Waals surface area (Å²) in [7, 11) is 5.40. The third kappa shape index (κ3) is 40.4. The number of nitrogens with zero attached hydrogens (tertiary/aromatic N) is 1. The fraction of sp³-hybridized carbons (Fsp3) is 0.750. The molecule has 0 amide bonds. The Kier molecular flexibility index (Phi) is 40.6. The second kappa shape index (κ2) is 42.7. The molecule has 0 fully saturated rings. The molecule has 0 saturated heterocycles. The number of rotatable bonds is 43. The van der Waals surface area contributed by atoms with E-state index in [0.717, 1.165) is 64.2 Å². The topological polar surface area (TPSA) is 102 Å². The number of esters is 2. The monoisotopic (exact) mass is 842 g/mol. The molecule has 0 radical (unpaired) electrons. The summed E-state index contributed by atoms with van der Waals surface area (Å²) in [5.74, 6) is -1.76. The van der Waals surface area contributed by atoms with Gasteiger partial charge in [0.25, 0.3) is 0 Å². The van der Waals surface area contributed by atoms with Crippen LogP contribution in [0.15, 0.2) is 60.8 Å². The van der Waals surface area contributed by atoms with Crippen molar-refractivity contribution >= 4 is 17.9 Å². The number of hydrogen-bond donors (Lipinski definition) is 0. The summed E-state index contributed by atoms with van der Waals surface area (Å²) in [6.07, 6.45) is 52.4. The third-order valence-corrected chi connectivity index (χ3v) is 10.8. The number of carboxylic acids is 1. The van der Waals surface area contributed by atoms with Gasteiger partial charge in [-0.1, -0.05) is 209 Å². The van der Waals surface area contributed by atoms with E-state index in [1.165, 1.54) is 103 Å². The summed E-state index contributed by atoms with van der Waals surface area (Å²) >= 11 is 0. The molecule has 0 aliphatic heterocycles. The smallest absolute Gasteiger partial charge is 0.306 e. The van der Waals surface area contributed by atoms with E-state index >= 15 is 0 Å². The van der Waals surface area contributed by atoms with E-state index in [-0.39, 0.29) is 42.7 Å². The van der Waals surface area contributed by atoms with Crippen LogP contribution in [-0.2, 0) is 28.6 Å². The van der Waals surface area contributed by atoms with E-state index in [1.807, 2.05) is 36.5 Å². The Labute approximate surface area is 368 Å². The van der Waals surface area contributed by atoms with Crippen LogP contribution in [-0.4, -0.2) is 75.5 Å². The molecule has 0 aromatic carbocycles. The number of carboxylic acid groups (broad SMARTS) is 1. The lowest BCUT2D eigenvalue weighted by atomic mass is 10.0. The zero-order chi connectivity index (χ0) is 44.2. The molecule has 2 unspecified atom stereocenters.